The first-order valence-electron chi connectivity index (χ1n) is 25.3. The fourth-order valence-electron chi connectivity index (χ4n) is 7.30. The topological polar surface area (TPSA) is 131 Å². The van der Waals surface area contributed by atoms with Gasteiger partial charge in [-0.2, -0.15) is 0 Å². The van der Waals surface area contributed by atoms with E-state index in [0.717, 1.165) is 44.9 Å². The number of unbranched alkanes of at least 4 members (excludes halogenated alkanes) is 31. The molecule has 0 rings (SSSR count). The van der Waals surface area contributed by atoms with Gasteiger partial charge in [0.25, 0.3) is 0 Å². The van der Waals surface area contributed by atoms with Gasteiger partial charge in [0.05, 0.1) is 13.2 Å². The van der Waals surface area contributed by atoms with Gasteiger partial charge in [-0.1, -0.05) is 218 Å². The SMILES string of the molecule is CCCCC/C=C\C/C=C\CCCCCCCCCCCCCC(=O)NCCOP(=O)(O)OCC(O)COC(=O)CCCCCCCCCCCCCCCCCCCC. The molecule has 10 heteroatoms. The number of aliphatic hydroxyl groups excluding tert-OH is 1. The second kappa shape index (κ2) is 47.0. The fourth-order valence-corrected chi connectivity index (χ4v) is 8.05. The van der Waals surface area contributed by atoms with Crippen LogP contribution >= 0.6 is 7.82 Å². The molecule has 0 fully saturated rings. The van der Waals surface area contributed by atoms with Crippen LogP contribution in [0.1, 0.15) is 251 Å². The molecule has 0 aromatic heterocycles. The van der Waals surface area contributed by atoms with Gasteiger partial charge in [-0.15, -0.1) is 0 Å². The number of amides is 1. The van der Waals surface area contributed by atoms with Crippen molar-refractivity contribution in [1.82, 2.24) is 5.32 Å². The van der Waals surface area contributed by atoms with E-state index in [1.807, 2.05) is 0 Å². The van der Waals surface area contributed by atoms with Crippen molar-refractivity contribution in [3.63, 3.8) is 0 Å². The van der Waals surface area contributed by atoms with Gasteiger partial charge in [-0.3, -0.25) is 18.6 Å². The summed E-state index contributed by atoms with van der Waals surface area (Å²) in [6.07, 6.45) is 52.5. The maximum Gasteiger partial charge on any atom is 0.472 e. The predicted molar refractivity (Wildman–Crippen MR) is 252 cm³/mol. The van der Waals surface area contributed by atoms with Crippen LogP contribution in [-0.2, 0) is 27.9 Å². The Bertz CT molecular complexity index is 1040. The van der Waals surface area contributed by atoms with Gasteiger partial charge >= 0.3 is 13.8 Å². The molecule has 0 saturated carbocycles. The Hall–Kier alpha value is -1.51. The number of aliphatic hydroxyl groups is 1. The van der Waals surface area contributed by atoms with E-state index in [-0.39, 0.29) is 32.1 Å². The van der Waals surface area contributed by atoms with E-state index in [2.05, 4.69) is 43.5 Å². The number of rotatable bonds is 48. The zero-order valence-corrected chi connectivity index (χ0v) is 40.1. The van der Waals surface area contributed by atoms with Crippen molar-refractivity contribution in [3.8, 4) is 0 Å². The van der Waals surface area contributed by atoms with Crippen molar-refractivity contribution in [3.05, 3.63) is 24.3 Å². The lowest BCUT2D eigenvalue weighted by Gasteiger charge is -2.15. The van der Waals surface area contributed by atoms with Gasteiger partial charge in [0.15, 0.2) is 0 Å². The highest BCUT2D eigenvalue weighted by Gasteiger charge is 2.23. The summed E-state index contributed by atoms with van der Waals surface area (Å²) in [7, 11) is -4.42. The highest BCUT2D eigenvalue weighted by atomic mass is 31.2. The number of ether oxygens (including phenoxy) is 1. The highest BCUT2D eigenvalue weighted by molar-refractivity contribution is 7.47. The average molecular weight is 870 g/mol. The van der Waals surface area contributed by atoms with Crippen LogP contribution in [0.25, 0.3) is 0 Å². The van der Waals surface area contributed by atoms with Crippen molar-refractivity contribution >= 4 is 19.7 Å². The lowest BCUT2D eigenvalue weighted by molar-refractivity contribution is -0.147. The Morgan fingerprint density at radius 3 is 1.37 bits per heavy atom. The number of phosphoric acid groups is 1. The molecule has 0 bridgehead atoms. The van der Waals surface area contributed by atoms with Gasteiger partial charge in [-0.25, -0.2) is 4.57 Å². The van der Waals surface area contributed by atoms with Crippen LogP contribution in [0.4, 0.5) is 0 Å². The van der Waals surface area contributed by atoms with Crippen LogP contribution in [0.3, 0.4) is 0 Å². The number of esters is 1. The van der Waals surface area contributed by atoms with E-state index < -0.39 is 26.5 Å². The predicted octanol–water partition coefficient (Wildman–Crippen LogP) is 14.7. The van der Waals surface area contributed by atoms with Crippen molar-refractivity contribution in [2.75, 3.05) is 26.4 Å². The first-order valence-corrected chi connectivity index (χ1v) is 26.8. The average Bonchev–Trinajstić information content (AvgIpc) is 3.23. The summed E-state index contributed by atoms with van der Waals surface area (Å²) in [5.74, 6) is -0.507. The van der Waals surface area contributed by atoms with E-state index in [0.29, 0.717) is 6.42 Å². The number of phosphoric ester groups is 1. The van der Waals surface area contributed by atoms with Crippen LogP contribution in [0.15, 0.2) is 24.3 Å². The third kappa shape index (κ3) is 47.5. The van der Waals surface area contributed by atoms with Gasteiger partial charge < -0.3 is 20.1 Å². The van der Waals surface area contributed by atoms with Crippen LogP contribution in [0, 0.1) is 0 Å². The number of carbonyl (C=O) groups excluding carboxylic acids is 2. The van der Waals surface area contributed by atoms with Crippen LogP contribution in [0.5, 0.6) is 0 Å². The van der Waals surface area contributed by atoms with E-state index in [1.165, 1.54) is 180 Å². The van der Waals surface area contributed by atoms with E-state index >= 15 is 0 Å². The Kier molecular flexibility index (Phi) is 45.8. The minimum atomic E-state index is -4.42. The monoisotopic (exact) mass is 870 g/mol. The standard InChI is InChI=1S/C50H96NO8P/c1-3-5-7-9-11-13-15-17-19-21-23-24-25-26-28-30-32-34-36-38-40-42-49(53)51-44-45-58-60(55,56)59-47-48(52)46-57-50(54)43-41-39-37-35-33-31-29-27-22-20-18-16-14-12-10-8-6-4-2/h11,13,17,19,48,52H,3-10,12,14-16,18,20-47H2,1-2H3,(H,51,53)(H,55,56)/b13-11-,19-17-. The lowest BCUT2D eigenvalue weighted by Crippen LogP contribution is -2.27. The van der Waals surface area contributed by atoms with Crippen molar-refractivity contribution in [2.45, 2.75) is 258 Å². The van der Waals surface area contributed by atoms with Gasteiger partial charge in [0, 0.05) is 19.4 Å². The molecular formula is C50H96NO8P. The lowest BCUT2D eigenvalue weighted by atomic mass is 10.0. The summed E-state index contributed by atoms with van der Waals surface area (Å²) < 4.78 is 27.0. The summed E-state index contributed by atoms with van der Waals surface area (Å²) >= 11 is 0. The molecule has 0 aromatic carbocycles. The zero-order valence-electron chi connectivity index (χ0n) is 39.2. The van der Waals surface area contributed by atoms with Crippen LogP contribution in [-0.4, -0.2) is 54.3 Å². The number of hydrogen-bond donors (Lipinski definition) is 3. The first-order chi connectivity index (χ1) is 29.3. The molecule has 9 nitrogen and oxygen atoms in total. The normalized spacial score (nSPS) is 13.3. The number of allylic oxidation sites excluding steroid dienone is 4. The molecule has 0 aromatic rings. The third-order valence-corrected chi connectivity index (χ3v) is 12.1. The molecule has 0 aliphatic carbocycles. The first kappa shape index (κ1) is 58.5. The van der Waals surface area contributed by atoms with Crippen molar-refractivity contribution < 1.29 is 37.9 Å². The Balaban J connectivity index is 3.53. The molecular weight excluding hydrogens is 774 g/mol. The van der Waals surface area contributed by atoms with Gasteiger partial charge in [0.1, 0.15) is 12.7 Å². The number of carbonyl (C=O) groups is 2. The molecule has 0 aliphatic heterocycles. The summed E-state index contributed by atoms with van der Waals surface area (Å²) in [5.41, 5.74) is 0. The molecule has 1 amide bonds. The van der Waals surface area contributed by atoms with E-state index in [9.17, 15) is 24.2 Å². The van der Waals surface area contributed by atoms with Crippen molar-refractivity contribution in [1.29, 1.82) is 0 Å². The Morgan fingerprint density at radius 1 is 0.517 bits per heavy atom. The fraction of sp³-hybridized carbons (Fsp3) is 0.880. The molecule has 0 heterocycles. The van der Waals surface area contributed by atoms with Gasteiger partial charge in [-0.05, 0) is 44.9 Å². The minimum absolute atomic E-state index is 0.0832. The van der Waals surface area contributed by atoms with Crippen LogP contribution < -0.4 is 5.32 Å². The smallest absolute Gasteiger partial charge is 0.463 e. The maximum atomic E-state index is 12.1. The minimum Gasteiger partial charge on any atom is -0.463 e. The van der Waals surface area contributed by atoms with Crippen molar-refractivity contribution in [2.24, 2.45) is 0 Å². The van der Waals surface area contributed by atoms with E-state index in [1.54, 1.807) is 0 Å². The highest BCUT2D eigenvalue weighted by Crippen LogP contribution is 2.42. The number of hydrogen-bond acceptors (Lipinski definition) is 7. The quantitative estimate of drug-likeness (QED) is 0.0238. The summed E-state index contributed by atoms with van der Waals surface area (Å²) in [6.45, 7) is 3.58. The largest absolute Gasteiger partial charge is 0.472 e. The summed E-state index contributed by atoms with van der Waals surface area (Å²) in [4.78, 5) is 34.0. The molecule has 0 saturated heterocycles. The molecule has 2 unspecified atom stereocenters. The number of nitrogens with one attached hydrogen (secondary N) is 1. The second-order valence-electron chi connectivity index (χ2n) is 17.1. The molecule has 60 heavy (non-hydrogen) atoms. The summed E-state index contributed by atoms with van der Waals surface area (Å²) in [5, 5.41) is 12.7. The Labute approximate surface area is 370 Å². The molecule has 0 aliphatic rings. The molecule has 354 valence electrons. The zero-order chi connectivity index (χ0) is 43.9. The van der Waals surface area contributed by atoms with Gasteiger partial charge in [0.2, 0.25) is 5.91 Å². The maximum absolute atomic E-state index is 12.1. The Morgan fingerprint density at radius 2 is 0.900 bits per heavy atom. The molecule has 2 atom stereocenters. The third-order valence-electron chi connectivity index (χ3n) is 11.1. The summed E-state index contributed by atoms with van der Waals surface area (Å²) in [6, 6.07) is 0. The molecule has 0 spiro atoms. The van der Waals surface area contributed by atoms with E-state index in [4.69, 9.17) is 13.8 Å². The second-order valence-corrected chi connectivity index (χ2v) is 18.6. The molecule has 3 N–H and O–H groups in total. The van der Waals surface area contributed by atoms with Crippen LogP contribution in [0.2, 0.25) is 0 Å². The molecule has 0 radical (unpaired) electrons.